The minimum Gasteiger partial charge on any atom is -0.290 e. The SMILES string of the molecule is O=c1cccc2c(c1)CCCC2. The van der Waals surface area contributed by atoms with E-state index in [1.54, 1.807) is 12.1 Å². The van der Waals surface area contributed by atoms with Gasteiger partial charge in [0.1, 0.15) is 0 Å². The van der Waals surface area contributed by atoms with Crippen LogP contribution >= 0.6 is 0 Å². The standard InChI is InChI=1S/C11H12O/c12-11-7-3-6-9-4-1-2-5-10(9)8-11/h3,6-8H,1-2,4-5H2. The molecule has 1 nitrogen and oxygen atoms in total. The summed E-state index contributed by atoms with van der Waals surface area (Å²) in [4.78, 5) is 11.1. The Balaban J connectivity index is 2.59. The van der Waals surface area contributed by atoms with Gasteiger partial charge in [-0.1, -0.05) is 12.1 Å². The predicted octanol–water partition coefficient (Wildman–Crippen LogP) is 1.93. The van der Waals surface area contributed by atoms with Crippen LogP contribution in [-0.2, 0) is 12.8 Å². The largest absolute Gasteiger partial charge is 0.290 e. The second-order valence-corrected chi connectivity index (χ2v) is 3.33. The summed E-state index contributed by atoms with van der Waals surface area (Å²) in [6.07, 6.45) is 4.73. The second kappa shape index (κ2) is 3.10. The maximum atomic E-state index is 11.1. The molecular weight excluding hydrogens is 148 g/mol. The quantitative estimate of drug-likeness (QED) is 0.566. The predicted molar refractivity (Wildman–Crippen MR) is 49.4 cm³/mol. The van der Waals surface area contributed by atoms with Gasteiger partial charge in [-0.25, -0.2) is 0 Å². The van der Waals surface area contributed by atoms with Gasteiger partial charge >= 0.3 is 0 Å². The molecule has 0 saturated heterocycles. The Bertz CT molecular complexity index is 341. The fraction of sp³-hybridized carbons (Fsp3) is 0.364. The van der Waals surface area contributed by atoms with Gasteiger partial charge in [-0.3, -0.25) is 4.79 Å². The Morgan fingerprint density at radius 1 is 1.00 bits per heavy atom. The molecule has 0 aromatic heterocycles. The molecule has 0 N–H and O–H groups in total. The summed E-state index contributed by atoms with van der Waals surface area (Å²) in [5.41, 5.74) is 2.76. The molecule has 0 unspecified atom stereocenters. The van der Waals surface area contributed by atoms with Crippen molar-refractivity contribution in [2.45, 2.75) is 25.7 Å². The highest BCUT2D eigenvalue weighted by atomic mass is 16.1. The number of rotatable bonds is 0. The minimum absolute atomic E-state index is 0.137. The Labute approximate surface area is 72.1 Å². The normalized spacial score (nSPS) is 15.3. The maximum absolute atomic E-state index is 11.1. The molecule has 0 bridgehead atoms. The summed E-state index contributed by atoms with van der Waals surface area (Å²) in [5, 5.41) is 0. The zero-order valence-corrected chi connectivity index (χ0v) is 7.05. The van der Waals surface area contributed by atoms with Crippen molar-refractivity contribution in [3.63, 3.8) is 0 Å². The molecule has 1 aliphatic rings. The van der Waals surface area contributed by atoms with Crippen LogP contribution in [0.3, 0.4) is 0 Å². The zero-order chi connectivity index (χ0) is 8.39. The first kappa shape index (κ1) is 7.53. The van der Waals surface area contributed by atoms with E-state index in [2.05, 4.69) is 6.07 Å². The molecule has 1 aromatic carbocycles. The molecule has 1 aromatic rings. The molecule has 12 heavy (non-hydrogen) atoms. The first-order valence-electron chi connectivity index (χ1n) is 4.48. The highest BCUT2D eigenvalue weighted by Gasteiger charge is 2.06. The number of hydrogen-bond donors (Lipinski definition) is 0. The van der Waals surface area contributed by atoms with Crippen LogP contribution in [0.4, 0.5) is 0 Å². The summed E-state index contributed by atoms with van der Waals surface area (Å²) >= 11 is 0. The van der Waals surface area contributed by atoms with Gasteiger partial charge in [0.15, 0.2) is 5.43 Å². The van der Waals surface area contributed by atoms with E-state index in [-0.39, 0.29) is 5.43 Å². The highest BCUT2D eigenvalue weighted by molar-refractivity contribution is 5.27. The van der Waals surface area contributed by atoms with E-state index in [1.807, 2.05) is 6.07 Å². The van der Waals surface area contributed by atoms with Gasteiger partial charge in [0.2, 0.25) is 0 Å². The van der Waals surface area contributed by atoms with Crippen LogP contribution in [-0.4, -0.2) is 0 Å². The van der Waals surface area contributed by atoms with E-state index >= 15 is 0 Å². The lowest BCUT2D eigenvalue weighted by Crippen LogP contribution is -2.02. The molecule has 0 amide bonds. The van der Waals surface area contributed by atoms with Crippen LogP contribution in [0, 0.1) is 0 Å². The van der Waals surface area contributed by atoms with Crippen LogP contribution < -0.4 is 5.43 Å². The smallest absolute Gasteiger partial charge is 0.178 e. The van der Waals surface area contributed by atoms with Crippen LogP contribution in [0.2, 0.25) is 0 Å². The lowest BCUT2D eigenvalue weighted by atomic mass is 9.94. The molecule has 0 saturated carbocycles. The third-order valence-corrected chi connectivity index (χ3v) is 2.43. The summed E-state index contributed by atoms with van der Waals surface area (Å²) in [5.74, 6) is 0. The molecule has 0 spiro atoms. The van der Waals surface area contributed by atoms with Gasteiger partial charge in [-0.2, -0.15) is 0 Å². The molecule has 1 aliphatic carbocycles. The van der Waals surface area contributed by atoms with Crippen LogP contribution in [0.5, 0.6) is 0 Å². The second-order valence-electron chi connectivity index (χ2n) is 3.33. The van der Waals surface area contributed by atoms with E-state index in [0.29, 0.717) is 0 Å². The minimum atomic E-state index is 0.137. The topological polar surface area (TPSA) is 17.1 Å². The van der Waals surface area contributed by atoms with Crippen molar-refractivity contribution in [3.05, 3.63) is 45.6 Å². The van der Waals surface area contributed by atoms with Crippen molar-refractivity contribution in [2.24, 2.45) is 0 Å². The summed E-state index contributed by atoms with van der Waals surface area (Å²) < 4.78 is 0. The summed E-state index contributed by atoms with van der Waals surface area (Å²) in [6.45, 7) is 0. The first-order valence-corrected chi connectivity index (χ1v) is 4.48. The Hall–Kier alpha value is -1.11. The molecule has 0 aliphatic heterocycles. The van der Waals surface area contributed by atoms with Crippen LogP contribution in [0.15, 0.2) is 29.1 Å². The average Bonchev–Trinajstić information content (AvgIpc) is 2.25. The van der Waals surface area contributed by atoms with Crippen LogP contribution in [0.1, 0.15) is 24.0 Å². The fourth-order valence-corrected chi connectivity index (χ4v) is 1.79. The van der Waals surface area contributed by atoms with E-state index in [1.165, 1.54) is 24.0 Å². The summed E-state index contributed by atoms with van der Waals surface area (Å²) in [7, 11) is 0. The van der Waals surface area contributed by atoms with Gasteiger partial charge in [0.05, 0.1) is 0 Å². The third kappa shape index (κ3) is 1.40. The molecule has 0 fully saturated rings. The highest BCUT2D eigenvalue weighted by Crippen LogP contribution is 2.18. The van der Waals surface area contributed by atoms with Gasteiger partial charge in [0.25, 0.3) is 0 Å². The molecule has 2 rings (SSSR count). The van der Waals surface area contributed by atoms with Gasteiger partial charge < -0.3 is 0 Å². The number of aryl methyl sites for hydroxylation is 2. The van der Waals surface area contributed by atoms with E-state index in [0.717, 1.165) is 12.8 Å². The van der Waals surface area contributed by atoms with Crippen LogP contribution in [0.25, 0.3) is 0 Å². The van der Waals surface area contributed by atoms with E-state index in [9.17, 15) is 4.79 Å². The molecule has 1 heteroatoms. The Kier molecular flexibility index (Phi) is 1.94. The van der Waals surface area contributed by atoms with Crippen molar-refractivity contribution in [1.29, 1.82) is 0 Å². The fourth-order valence-electron chi connectivity index (χ4n) is 1.79. The lowest BCUT2D eigenvalue weighted by molar-refractivity contribution is 0.687. The first-order chi connectivity index (χ1) is 5.86. The zero-order valence-electron chi connectivity index (χ0n) is 7.05. The monoisotopic (exact) mass is 160 g/mol. The molecule has 62 valence electrons. The van der Waals surface area contributed by atoms with Crippen molar-refractivity contribution in [1.82, 2.24) is 0 Å². The average molecular weight is 160 g/mol. The van der Waals surface area contributed by atoms with Gasteiger partial charge in [-0.05, 0) is 48.9 Å². The van der Waals surface area contributed by atoms with Gasteiger partial charge in [0, 0.05) is 0 Å². The molecule has 0 heterocycles. The molecule has 0 atom stereocenters. The van der Waals surface area contributed by atoms with Gasteiger partial charge in [-0.15, -0.1) is 0 Å². The van der Waals surface area contributed by atoms with E-state index in [4.69, 9.17) is 0 Å². The van der Waals surface area contributed by atoms with Crippen molar-refractivity contribution >= 4 is 0 Å². The lowest BCUT2D eigenvalue weighted by Gasteiger charge is -2.11. The van der Waals surface area contributed by atoms with Crippen molar-refractivity contribution in [3.8, 4) is 0 Å². The molecule has 0 radical (unpaired) electrons. The summed E-state index contributed by atoms with van der Waals surface area (Å²) in [6, 6.07) is 7.37. The third-order valence-electron chi connectivity index (χ3n) is 2.43. The Morgan fingerprint density at radius 2 is 1.75 bits per heavy atom. The number of fused-ring (bicyclic) bond motifs is 1. The van der Waals surface area contributed by atoms with Crippen molar-refractivity contribution in [2.75, 3.05) is 0 Å². The van der Waals surface area contributed by atoms with E-state index < -0.39 is 0 Å². The maximum Gasteiger partial charge on any atom is 0.178 e. The number of hydrogen-bond acceptors (Lipinski definition) is 1. The van der Waals surface area contributed by atoms with Crippen molar-refractivity contribution < 1.29 is 0 Å². The molecular formula is C11H12O. The Morgan fingerprint density at radius 3 is 2.58 bits per heavy atom.